The van der Waals surface area contributed by atoms with E-state index in [0.29, 0.717) is 25.6 Å². The summed E-state index contributed by atoms with van der Waals surface area (Å²) in [4.78, 5) is 25.7. The van der Waals surface area contributed by atoms with Crippen molar-refractivity contribution < 1.29 is 9.59 Å². The Morgan fingerprint density at radius 1 is 1.24 bits per heavy atom. The zero-order chi connectivity index (χ0) is 14.7. The lowest BCUT2D eigenvalue weighted by Crippen LogP contribution is -2.46. The van der Waals surface area contributed by atoms with Gasteiger partial charge in [-0.2, -0.15) is 0 Å². The highest BCUT2D eigenvalue weighted by Crippen LogP contribution is 2.33. The van der Waals surface area contributed by atoms with Crippen LogP contribution in [0.5, 0.6) is 0 Å². The molecule has 0 bridgehead atoms. The van der Waals surface area contributed by atoms with Gasteiger partial charge in [-0.3, -0.25) is 9.59 Å². The molecule has 1 unspecified atom stereocenters. The standard InChI is InChI=1S/C16H21N3O2/c20-15(16(21)19-8-3-6-17-7-9-19)18-11-13-10-12-4-1-2-5-14(12)13/h1-2,4-5,13,17H,3,6-11H2,(H,18,20). The van der Waals surface area contributed by atoms with E-state index in [0.717, 1.165) is 25.9 Å². The van der Waals surface area contributed by atoms with Crippen molar-refractivity contribution in [3.05, 3.63) is 35.4 Å². The van der Waals surface area contributed by atoms with Gasteiger partial charge in [-0.25, -0.2) is 0 Å². The molecule has 1 aliphatic heterocycles. The topological polar surface area (TPSA) is 61.4 Å². The maximum absolute atomic E-state index is 12.1. The molecule has 0 aromatic heterocycles. The predicted octanol–water partition coefficient (Wildman–Crippen LogP) is 0.264. The third-order valence-electron chi connectivity index (χ3n) is 4.29. The second kappa shape index (κ2) is 6.26. The summed E-state index contributed by atoms with van der Waals surface area (Å²) in [6.07, 6.45) is 1.88. The van der Waals surface area contributed by atoms with Crippen molar-refractivity contribution in [2.45, 2.75) is 18.8 Å². The Hall–Kier alpha value is -1.88. The monoisotopic (exact) mass is 287 g/mol. The van der Waals surface area contributed by atoms with Gasteiger partial charge in [0.15, 0.2) is 0 Å². The first kappa shape index (κ1) is 14.1. The number of carbonyl (C=O) groups excluding carboxylic acids is 2. The summed E-state index contributed by atoms with van der Waals surface area (Å²) in [6.45, 7) is 3.48. The molecule has 1 saturated heterocycles. The summed E-state index contributed by atoms with van der Waals surface area (Å²) in [5.74, 6) is -0.517. The van der Waals surface area contributed by atoms with E-state index < -0.39 is 11.8 Å². The molecule has 1 atom stereocenters. The molecule has 2 amide bonds. The summed E-state index contributed by atoms with van der Waals surface area (Å²) < 4.78 is 0. The van der Waals surface area contributed by atoms with Crippen LogP contribution in [0.15, 0.2) is 24.3 Å². The Morgan fingerprint density at radius 2 is 2.10 bits per heavy atom. The summed E-state index contributed by atoms with van der Waals surface area (Å²) in [6, 6.07) is 8.26. The second-order valence-electron chi connectivity index (χ2n) is 5.71. The minimum atomic E-state index is -0.471. The van der Waals surface area contributed by atoms with Crippen LogP contribution in [0.1, 0.15) is 23.5 Å². The molecular weight excluding hydrogens is 266 g/mol. The van der Waals surface area contributed by atoms with Crippen LogP contribution in [0.2, 0.25) is 0 Å². The van der Waals surface area contributed by atoms with Gasteiger partial charge in [0.1, 0.15) is 0 Å². The van der Waals surface area contributed by atoms with Crippen molar-refractivity contribution in [2.24, 2.45) is 0 Å². The molecule has 1 fully saturated rings. The number of nitrogens with one attached hydrogen (secondary N) is 2. The van der Waals surface area contributed by atoms with Crippen molar-refractivity contribution in [2.75, 3.05) is 32.7 Å². The Kier molecular flexibility index (Phi) is 4.20. The molecule has 0 saturated carbocycles. The molecule has 112 valence electrons. The van der Waals surface area contributed by atoms with Gasteiger partial charge in [-0.1, -0.05) is 24.3 Å². The van der Waals surface area contributed by atoms with Crippen LogP contribution in [0.3, 0.4) is 0 Å². The van der Waals surface area contributed by atoms with Crippen LogP contribution in [-0.4, -0.2) is 49.4 Å². The molecular formula is C16H21N3O2. The van der Waals surface area contributed by atoms with Gasteiger partial charge >= 0.3 is 11.8 Å². The number of fused-ring (bicyclic) bond motifs is 1. The number of carbonyl (C=O) groups is 2. The third kappa shape index (κ3) is 3.08. The Morgan fingerprint density at radius 3 is 2.95 bits per heavy atom. The average molecular weight is 287 g/mol. The van der Waals surface area contributed by atoms with Crippen LogP contribution in [0.25, 0.3) is 0 Å². The van der Waals surface area contributed by atoms with E-state index >= 15 is 0 Å². The van der Waals surface area contributed by atoms with Crippen LogP contribution < -0.4 is 10.6 Å². The number of amides is 2. The predicted molar refractivity (Wildman–Crippen MR) is 80.0 cm³/mol. The van der Waals surface area contributed by atoms with E-state index in [1.165, 1.54) is 11.1 Å². The van der Waals surface area contributed by atoms with Gasteiger partial charge < -0.3 is 15.5 Å². The molecule has 2 N–H and O–H groups in total. The van der Waals surface area contributed by atoms with Crippen LogP contribution >= 0.6 is 0 Å². The molecule has 3 rings (SSSR count). The minimum Gasteiger partial charge on any atom is -0.347 e. The van der Waals surface area contributed by atoms with E-state index in [-0.39, 0.29) is 0 Å². The Balaban J connectivity index is 1.49. The normalized spacial score (nSPS) is 21.0. The fourth-order valence-corrected chi connectivity index (χ4v) is 3.03. The summed E-state index contributed by atoms with van der Waals surface area (Å²) >= 11 is 0. The number of rotatable bonds is 2. The average Bonchev–Trinajstić information content (AvgIpc) is 2.76. The summed E-state index contributed by atoms with van der Waals surface area (Å²) in [7, 11) is 0. The molecule has 21 heavy (non-hydrogen) atoms. The lowest BCUT2D eigenvalue weighted by Gasteiger charge is -2.30. The molecule has 1 heterocycles. The van der Waals surface area contributed by atoms with E-state index in [1.54, 1.807) is 4.90 Å². The first-order valence-corrected chi connectivity index (χ1v) is 7.61. The largest absolute Gasteiger partial charge is 0.347 e. The summed E-state index contributed by atoms with van der Waals surface area (Å²) in [5, 5.41) is 6.02. The zero-order valence-electron chi connectivity index (χ0n) is 12.1. The Labute approximate surface area is 124 Å². The van der Waals surface area contributed by atoms with Gasteiger partial charge in [0.25, 0.3) is 0 Å². The van der Waals surface area contributed by atoms with Crippen molar-refractivity contribution in [1.29, 1.82) is 0 Å². The molecule has 1 aliphatic carbocycles. The SMILES string of the molecule is O=C(NCC1Cc2ccccc21)C(=O)N1CCCNCC1. The maximum atomic E-state index is 12.1. The number of hydrogen-bond acceptors (Lipinski definition) is 3. The number of nitrogens with zero attached hydrogens (tertiary/aromatic N) is 1. The first-order valence-electron chi connectivity index (χ1n) is 7.61. The Bertz CT molecular complexity index is 536. The second-order valence-corrected chi connectivity index (χ2v) is 5.71. The fourth-order valence-electron chi connectivity index (χ4n) is 3.03. The highest BCUT2D eigenvalue weighted by atomic mass is 16.2. The van der Waals surface area contributed by atoms with Crippen molar-refractivity contribution >= 4 is 11.8 Å². The van der Waals surface area contributed by atoms with E-state index in [1.807, 2.05) is 12.1 Å². The quantitative estimate of drug-likeness (QED) is 0.767. The van der Waals surface area contributed by atoms with Gasteiger partial charge in [-0.15, -0.1) is 0 Å². The highest BCUT2D eigenvalue weighted by molar-refractivity contribution is 6.35. The fraction of sp³-hybridized carbons (Fsp3) is 0.500. The molecule has 5 heteroatoms. The van der Waals surface area contributed by atoms with Gasteiger partial charge in [-0.05, 0) is 30.5 Å². The first-order chi connectivity index (χ1) is 10.3. The highest BCUT2D eigenvalue weighted by Gasteiger charge is 2.28. The molecule has 2 aliphatic rings. The van der Waals surface area contributed by atoms with Crippen LogP contribution in [0.4, 0.5) is 0 Å². The van der Waals surface area contributed by atoms with Crippen molar-refractivity contribution in [1.82, 2.24) is 15.5 Å². The van der Waals surface area contributed by atoms with Gasteiger partial charge in [0.05, 0.1) is 0 Å². The van der Waals surface area contributed by atoms with Crippen molar-refractivity contribution in [3.63, 3.8) is 0 Å². The third-order valence-corrected chi connectivity index (χ3v) is 4.29. The van der Waals surface area contributed by atoms with E-state index in [4.69, 9.17) is 0 Å². The summed E-state index contributed by atoms with van der Waals surface area (Å²) in [5.41, 5.74) is 2.64. The van der Waals surface area contributed by atoms with Gasteiger partial charge in [0, 0.05) is 32.1 Å². The molecule has 1 aromatic carbocycles. The molecule has 1 aromatic rings. The van der Waals surface area contributed by atoms with Crippen molar-refractivity contribution in [3.8, 4) is 0 Å². The molecule has 0 radical (unpaired) electrons. The smallest absolute Gasteiger partial charge is 0.311 e. The number of hydrogen-bond donors (Lipinski definition) is 2. The lowest BCUT2D eigenvalue weighted by atomic mass is 9.77. The van der Waals surface area contributed by atoms with Crippen LogP contribution in [0, 0.1) is 0 Å². The van der Waals surface area contributed by atoms with Gasteiger partial charge in [0.2, 0.25) is 0 Å². The van der Waals surface area contributed by atoms with Crippen LogP contribution in [-0.2, 0) is 16.0 Å². The maximum Gasteiger partial charge on any atom is 0.311 e. The molecule has 5 nitrogen and oxygen atoms in total. The minimum absolute atomic E-state index is 0.351. The van der Waals surface area contributed by atoms with E-state index in [9.17, 15) is 9.59 Å². The number of benzene rings is 1. The molecule has 0 spiro atoms. The lowest BCUT2D eigenvalue weighted by molar-refractivity contribution is -0.145. The van der Waals surface area contributed by atoms with E-state index in [2.05, 4.69) is 22.8 Å². The zero-order valence-corrected chi connectivity index (χ0v) is 12.1.